The molecule has 38 heavy (non-hydrogen) atoms. The summed E-state index contributed by atoms with van der Waals surface area (Å²) < 4.78 is 1.76. The molecule has 1 fully saturated rings. The van der Waals surface area contributed by atoms with Gasteiger partial charge in [-0.3, -0.25) is 14.5 Å². The molecule has 0 spiro atoms. The zero-order valence-electron chi connectivity index (χ0n) is 19.9. The van der Waals surface area contributed by atoms with Gasteiger partial charge in [0, 0.05) is 23.5 Å². The lowest BCUT2D eigenvalue weighted by molar-refractivity contribution is -0.689. The van der Waals surface area contributed by atoms with E-state index in [9.17, 15) is 29.4 Å². The summed E-state index contributed by atoms with van der Waals surface area (Å²) in [7, 11) is 0. The quantitative estimate of drug-likeness (QED) is 0.149. The van der Waals surface area contributed by atoms with Crippen molar-refractivity contribution < 1.29 is 38.8 Å². The van der Waals surface area contributed by atoms with Crippen molar-refractivity contribution in [1.29, 1.82) is 0 Å². The predicted octanol–water partition coefficient (Wildman–Crippen LogP) is -0.646. The average molecular weight is 581 g/mol. The Kier molecular flexibility index (Phi) is 7.62. The first-order chi connectivity index (χ1) is 17.9. The molecule has 0 radical (unpaired) electrons. The Morgan fingerprint density at radius 1 is 1.37 bits per heavy atom. The molecule has 2 aromatic heterocycles. The molecule has 16 heteroatoms. The first-order valence-electron chi connectivity index (χ1n) is 11.0. The van der Waals surface area contributed by atoms with E-state index >= 15 is 0 Å². The number of thioether (sulfide) groups is 1. The topological polar surface area (TPSA) is 191 Å². The molecule has 2 atom stereocenters. The van der Waals surface area contributed by atoms with Gasteiger partial charge < -0.3 is 30.9 Å². The van der Waals surface area contributed by atoms with Crippen molar-refractivity contribution >= 4 is 69.3 Å². The van der Waals surface area contributed by atoms with Crippen LogP contribution >= 0.6 is 34.7 Å². The zero-order valence-corrected chi connectivity index (χ0v) is 22.3. The van der Waals surface area contributed by atoms with Gasteiger partial charge in [-0.1, -0.05) is 34.2 Å². The van der Waals surface area contributed by atoms with Crippen LogP contribution in [0.4, 0.5) is 5.13 Å². The molecule has 4 N–H and O–H groups in total. The summed E-state index contributed by atoms with van der Waals surface area (Å²) in [5.41, 5.74) is 3.46. The highest BCUT2D eigenvalue weighted by Crippen LogP contribution is 2.40. The molecule has 4 heterocycles. The average Bonchev–Trinajstić information content (AvgIpc) is 3.19. The third kappa shape index (κ3) is 5.30. The Morgan fingerprint density at radius 2 is 2.05 bits per heavy atom. The minimum absolute atomic E-state index is 0.00744. The summed E-state index contributed by atoms with van der Waals surface area (Å²) in [6, 6.07) is 4.29. The standard InChI is InChI=1S/C22H21ClN6O7S2/c1-22(2,20(34)35)36-27-12(11-15(23)38-21(24)26-11)16(30)25-13-17(31)29-14(19(32)33)10(9-37-18(13)29)8-28-6-4-3-5-7-28/h3-7,13,18H,8-9H2,1-2H3,(H4-,24,25,26,30,32,33,34,35)/b27-12-. The monoisotopic (exact) mass is 580 g/mol. The molecule has 0 aliphatic carbocycles. The second-order valence-corrected chi connectivity index (χ2v) is 11.4. The van der Waals surface area contributed by atoms with Gasteiger partial charge in [0.1, 0.15) is 21.4 Å². The number of carbonyl (C=O) groups is 4. The van der Waals surface area contributed by atoms with Gasteiger partial charge in [-0.2, -0.15) is 0 Å². The molecular formula is C22H21ClN6O7S2. The molecule has 200 valence electrons. The molecule has 2 aliphatic heterocycles. The fourth-order valence-corrected chi connectivity index (χ4v) is 5.88. The highest BCUT2D eigenvalue weighted by molar-refractivity contribution is 8.00. The number of aliphatic carboxylic acids is 2. The van der Waals surface area contributed by atoms with E-state index in [0.717, 1.165) is 16.2 Å². The van der Waals surface area contributed by atoms with Crippen molar-refractivity contribution in [3.8, 4) is 0 Å². The number of thiazole rings is 1. The van der Waals surface area contributed by atoms with E-state index in [1.165, 1.54) is 25.6 Å². The van der Waals surface area contributed by atoms with Crippen LogP contribution in [0.3, 0.4) is 0 Å². The van der Waals surface area contributed by atoms with Crippen LogP contribution < -0.4 is 20.7 Å². The van der Waals surface area contributed by atoms with Crippen LogP contribution in [0, 0.1) is 0 Å². The number of nitrogens with zero attached hydrogens (tertiary/aromatic N) is 4. The molecule has 4 rings (SSSR count). The van der Waals surface area contributed by atoms with Gasteiger partial charge in [0.2, 0.25) is 5.60 Å². The van der Waals surface area contributed by atoms with Gasteiger partial charge >= 0.3 is 5.97 Å². The van der Waals surface area contributed by atoms with E-state index in [0.29, 0.717) is 5.57 Å². The first kappa shape index (κ1) is 27.3. The Bertz CT molecular complexity index is 1380. The summed E-state index contributed by atoms with van der Waals surface area (Å²) in [4.78, 5) is 59.8. The number of carbonyl (C=O) groups excluding carboxylic acids is 3. The number of hydrogen-bond donors (Lipinski definition) is 3. The minimum Gasteiger partial charge on any atom is -0.543 e. The van der Waals surface area contributed by atoms with Gasteiger partial charge in [0.05, 0.1) is 11.7 Å². The Labute approximate surface area is 228 Å². The van der Waals surface area contributed by atoms with Crippen LogP contribution in [-0.4, -0.2) is 67.2 Å². The highest BCUT2D eigenvalue weighted by atomic mass is 35.5. The number of nitrogens with one attached hydrogen (secondary N) is 1. The van der Waals surface area contributed by atoms with Gasteiger partial charge in [-0.15, -0.1) is 11.8 Å². The molecule has 0 bridgehead atoms. The van der Waals surface area contributed by atoms with E-state index in [1.54, 1.807) is 29.1 Å². The molecule has 2 aliphatic rings. The van der Waals surface area contributed by atoms with Gasteiger partial charge in [-0.25, -0.2) is 14.3 Å². The second-order valence-electron chi connectivity index (χ2n) is 8.67. The van der Waals surface area contributed by atoms with Crippen LogP contribution in [0.2, 0.25) is 4.34 Å². The molecule has 0 saturated carbocycles. The van der Waals surface area contributed by atoms with E-state index < -0.39 is 46.5 Å². The van der Waals surface area contributed by atoms with Crippen LogP contribution in [0.25, 0.3) is 0 Å². The third-order valence-electron chi connectivity index (χ3n) is 5.60. The van der Waals surface area contributed by atoms with Crippen LogP contribution in [0.5, 0.6) is 0 Å². The van der Waals surface area contributed by atoms with Crippen LogP contribution in [0.15, 0.2) is 47.0 Å². The summed E-state index contributed by atoms with van der Waals surface area (Å²) >= 11 is 8.27. The number of aromatic nitrogens is 2. The van der Waals surface area contributed by atoms with Crippen molar-refractivity contribution in [3.63, 3.8) is 0 Å². The number of hydrogen-bond acceptors (Lipinski definition) is 11. The van der Waals surface area contributed by atoms with Gasteiger partial charge in [-0.05, 0) is 13.8 Å². The lowest BCUT2D eigenvalue weighted by Gasteiger charge is -2.50. The summed E-state index contributed by atoms with van der Waals surface area (Å²) in [6.45, 7) is 2.68. The smallest absolute Gasteiger partial charge is 0.350 e. The lowest BCUT2D eigenvalue weighted by Crippen LogP contribution is -2.71. The molecule has 13 nitrogen and oxygen atoms in total. The van der Waals surface area contributed by atoms with Gasteiger partial charge in [0.15, 0.2) is 29.8 Å². The minimum atomic E-state index is -1.80. The van der Waals surface area contributed by atoms with Crippen molar-refractivity contribution in [1.82, 2.24) is 15.2 Å². The molecular weight excluding hydrogens is 560 g/mol. The Balaban J connectivity index is 1.58. The van der Waals surface area contributed by atoms with E-state index in [-0.39, 0.29) is 33.2 Å². The number of rotatable bonds is 9. The number of nitrogen functional groups attached to an aromatic ring is 1. The van der Waals surface area contributed by atoms with Crippen molar-refractivity contribution in [2.45, 2.75) is 37.4 Å². The maximum Gasteiger partial charge on any atom is 0.350 e. The number of nitrogens with two attached hydrogens (primary N) is 1. The number of anilines is 1. The van der Waals surface area contributed by atoms with Crippen LogP contribution in [0.1, 0.15) is 19.5 Å². The third-order valence-corrected chi connectivity index (χ3v) is 8.02. The summed E-state index contributed by atoms with van der Waals surface area (Å²) in [5.74, 6) is -4.19. The van der Waals surface area contributed by atoms with Crippen LogP contribution in [-0.2, 0) is 30.6 Å². The molecule has 0 aromatic carbocycles. The molecule has 2 aromatic rings. The van der Waals surface area contributed by atoms with Crippen molar-refractivity contribution in [2.75, 3.05) is 11.5 Å². The summed E-state index contributed by atoms with van der Waals surface area (Å²) in [5, 5.41) is 26.8. The SMILES string of the molecule is CC(C)(O/N=C(\C(=O)NC1C(=O)N2C(C(=O)[O-])=C(C[n+]3ccccc3)CSC12)c1nc(N)sc1Cl)C(=O)O. The van der Waals surface area contributed by atoms with Crippen molar-refractivity contribution in [2.24, 2.45) is 5.16 Å². The second kappa shape index (κ2) is 10.6. The summed E-state index contributed by atoms with van der Waals surface area (Å²) in [6.07, 6.45) is 3.53. The predicted molar refractivity (Wildman–Crippen MR) is 135 cm³/mol. The zero-order chi connectivity index (χ0) is 27.8. The number of fused-ring (bicyclic) bond motifs is 1. The number of β-lactam (4-membered cyclic amide) rings is 1. The maximum atomic E-state index is 13.2. The number of pyridine rings is 1. The lowest BCUT2D eigenvalue weighted by atomic mass is 10.0. The number of halogens is 1. The fraction of sp³-hybridized carbons (Fsp3) is 0.318. The molecule has 2 amide bonds. The number of carboxylic acids is 2. The molecule has 2 unspecified atom stereocenters. The highest BCUT2D eigenvalue weighted by Gasteiger charge is 2.53. The maximum absolute atomic E-state index is 13.2. The number of carboxylic acid groups (broad SMARTS) is 2. The van der Waals surface area contributed by atoms with Gasteiger partial charge in [0.25, 0.3) is 11.8 Å². The normalized spacial score (nSPS) is 19.5. The Hall–Kier alpha value is -3.69. The van der Waals surface area contributed by atoms with E-state index in [2.05, 4.69) is 15.5 Å². The Morgan fingerprint density at radius 3 is 2.63 bits per heavy atom. The van der Waals surface area contributed by atoms with E-state index in [1.807, 2.05) is 6.07 Å². The fourth-order valence-electron chi connectivity index (χ4n) is 3.62. The van der Waals surface area contributed by atoms with E-state index in [4.69, 9.17) is 22.2 Å². The number of oxime groups is 1. The van der Waals surface area contributed by atoms with Crippen molar-refractivity contribution in [3.05, 3.63) is 51.9 Å². The molecule has 1 saturated heterocycles. The number of amides is 2. The first-order valence-corrected chi connectivity index (χ1v) is 13.2. The largest absolute Gasteiger partial charge is 0.543 e.